The first-order valence-electron chi connectivity index (χ1n) is 7.15. The van der Waals surface area contributed by atoms with E-state index in [-0.39, 0.29) is 24.1 Å². The van der Waals surface area contributed by atoms with Gasteiger partial charge in [0.25, 0.3) is 5.91 Å². The average molecular weight is 319 g/mol. The van der Waals surface area contributed by atoms with E-state index in [1.54, 1.807) is 42.7 Å². The molecule has 0 spiro atoms. The maximum atomic E-state index is 12.1. The van der Waals surface area contributed by atoms with Gasteiger partial charge in [-0.3, -0.25) is 4.79 Å². The zero-order valence-corrected chi connectivity index (χ0v) is 12.6. The van der Waals surface area contributed by atoms with Gasteiger partial charge in [0.2, 0.25) is 5.95 Å². The number of rotatable bonds is 5. The van der Waals surface area contributed by atoms with Crippen molar-refractivity contribution in [2.24, 2.45) is 0 Å². The largest absolute Gasteiger partial charge is 0.467 e. The SMILES string of the molecule is N#Cc1cccc(Nc2nccc(C(=O)NCc3ccco3)n2)c1. The van der Waals surface area contributed by atoms with Gasteiger partial charge in [0.1, 0.15) is 11.5 Å². The molecule has 7 nitrogen and oxygen atoms in total. The molecule has 0 unspecified atom stereocenters. The summed E-state index contributed by atoms with van der Waals surface area (Å²) in [5.41, 5.74) is 1.42. The van der Waals surface area contributed by atoms with Crippen molar-refractivity contribution in [3.63, 3.8) is 0 Å². The molecule has 0 atom stereocenters. The van der Waals surface area contributed by atoms with Gasteiger partial charge in [0, 0.05) is 11.9 Å². The minimum atomic E-state index is -0.331. The number of benzene rings is 1. The predicted molar refractivity (Wildman–Crippen MR) is 86.3 cm³/mol. The van der Waals surface area contributed by atoms with Gasteiger partial charge >= 0.3 is 0 Å². The molecule has 7 heteroatoms. The van der Waals surface area contributed by atoms with E-state index in [4.69, 9.17) is 9.68 Å². The summed E-state index contributed by atoms with van der Waals surface area (Å²) in [6.07, 6.45) is 3.04. The molecule has 3 aromatic rings. The van der Waals surface area contributed by atoms with Crippen molar-refractivity contribution in [1.29, 1.82) is 5.26 Å². The van der Waals surface area contributed by atoms with Crippen molar-refractivity contribution < 1.29 is 9.21 Å². The molecule has 0 radical (unpaired) electrons. The lowest BCUT2D eigenvalue weighted by Gasteiger charge is -2.07. The third kappa shape index (κ3) is 3.75. The molecular formula is C17H13N5O2. The number of aromatic nitrogens is 2. The van der Waals surface area contributed by atoms with Gasteiger partial charge in [0.05, 0.1) is 24.4 Å². The van der Waals surface area contributed by atoms with Crippen LogP contribution in [-0.4, -0.2) is 15.9 Å². The Balaban J connectivity index is 1.69. The molecule has 0 saturated heterocycles. The Morgan fingerprint density at radius 1 is 1.25 bits per heavy atom. The number of amides is 1. The normalized spacial score (nSPS) is 9.96. The number of nitrogens with zero attached hydrogens (tertiary/aromatic N) is 3. The first-order valence-corrected chi connectivity index (χ1v) is 7.15. The van der Waals surface area contributed by atoms with E-state index in [1.165, 1.54) is 12.3 Å². The summed E-state index contributed by atoms with van der Waals surface area (Å²) in [7, 11) is 0. The molecule has 24 heavy (non-hydrogen) atoms. The summed E-state index contributed by atoms with van der Waals surface area (Å²) in [6.45, 7) is 0.281. The molecule has 0 fully saturated rings. The summed E-state index contributed by atoms with van der Waals surface area (Å²) >= 11 is 0. The maximum Gasteiger partial charge on any atom is 0.270 e. The lowest BCUT2D eigenvalue weighted by atomic mass is 10.2. The van der Waals surface area contributed by atoms with Crippen LogP contribution in [0.25, 0.3) is 0 Å². The highest BCUT2D eigenvalue weighted by Gasteiger charge is 2.09. The molecule has 0 aliphatic heterocycles. The average Bonchev–Trinajstić information content (AvgIpc) is 3.13. The molecule has 0 aliphatic carbocycles. The zero-order chi connectivity index (χ0) is 16.8. The fraction of sp³-hybridized carbons (Fsp3) is 0.0588. The molecule has 2 aromatic heterocycles. The quantitative estimate of drug-likeness (QED) is 0.749. The first-order chi connectivity index (χ1) is 11.7. The Bertz CT molecular complexity index is 884. The molecule has 1 aromatic carbocycles. The minimum absolute atomic E-state index is 0.232. The number of carbonyl (C=O) groups excluding carboxylic acids is 1. The summed E-state index contributed by atoms with van der Waals surface area (Å²) in [5, 5.41) is 14.6. The molecule has 0 saturated carbocycles. The van der Waals surface area contributed by atoms with Crippen LogP contribution in [0.1, 0.15) is 21.8 Å². The topological polar surface area (TPSA) is 104 Å². The molecular weight excluding hydrogens is 306 g/mol. The van der Waals surface area contributed by atoms with E-state index in [0.717, 1.165) is 0 Å². The van der Waals surface area contributed by atoms with Gasteiger partial charge in [0.15, 0.2) is 0 Å². The van der Waals surface area contributed by atoms with Crippen LogP contribution in [0, 0.1) is 11.3 Å². The summed E-state index contributed by atoms with van der Waals surface area (Å²) in [4.78, 5) is 20.4. The van der Waals surface area contributed by atoms with E-state index in [9.17, 15) is 4.79 Å². The molecule has 0 aliphatic rings. The van der Waals surface area contributed by atoms with Crippen molar-refractivity contribution in [2.45, 2.75) is 6.54 Å². The minimum Gasteiger partial charge on any atom is -0.467 e. The van der Waals surface area contributed by atoms with Crippen LogP contribution in [-0.2, 0) is 6.54 Å². The lowest BCUT2D eigenvalue weighted by molar-refractivity contribution is 0.0943. The predicted octanol–water partition coefficient (Wildman–Crippen LogP) is 2.61. The zero-order valence-electron chi connectivity index (χ0n) is 12.6. The lowest BCUT2D eigenvalue weighted by Crippen LogP contribution is -2.23. The Morgan fingerprint density at radius 3 is 2.96 bits per heavy atom. The fourth-order valence-corrected chi connectivity index (χ4v) is 2.01. The highest BCUT2D eigenvalue weighted by molar-refractivity contribution is 5.92. The van der Waals surface area contributed by atoms with Gasteiger partial charge < -0.3 is 15.1 Å². The summed E-state index contributed by atoms with van der Waals surface area (Å²) < 4.78 is 5.16. The van der Waals surface area contributed by atoms with Crippen LogP contribution < -0.4 is 10.6 Å². The van der Waals surface area contributed by atoms with Crippen LogP contribution >= 0.6 is 0 Å². The highest BCUT2D eigenvalue weighted by Crippen LogP contribution is 2.14. The molecule has 1 amide bonds. The molecule has 2 N–H and O–H groups in total. The Morgan fingerprint density at radius 2 is 2.17 bits per heavy atom. The standard InChI is InChI=1S/C17H13N5O2/c18-10-12-3-1-4-13(9-12)21-17-19-7-6-15(22-17)16(23)20-11-14-5-2-8-24-14/h1-9H,11H2,(H,20,23)(H,19,21,22). The smallest absolute Gasteiger partial charge is 0.270 e. The highest BCUT2D eigenvalue weighted by atomic mass is 16.3. The van der Waals surface area contributed by atoms with E-state index >= 15 is 0 Å². The van der Waals surface area contributed by atoms with Crippen LogP contribution in [0.3, 0.4) is 0 Å². The van der Waals surface area contributed by atoms with Gasteiger partial charge in [-0.15, -0.1) is 0 Å². The number of furan rings is 1. The van der Waals surface area contributed by atoms with Crippen LogP contribution in [0.4, 0.5) is 11.6 Å². The van der Waals surface area contributed by atoms with E-state index in [1.807, 2.05) is 0 Å². The number of hydrogen-bond donors (Lipinski definition) is 2. The van der Waals surface area contributed by atoms with Gasteiger partial charge in [-0.2, -0.15) is 5.26 Å². The van der Waals surface area contributed by atoms with Crippen LogP contribution in [0.15, 0.2) is 59.3 Å². The third-order valence-electron chi connectivity index (χ3n) is 3.14. The van der Waals surface area contributed by atoms with Crippen molar-refractivity contribution in [1.82, 2.24) is 15.3 Å². The number of anilines is 2. The fourth-order valence-electron chi connectivity index (χ4n) is 2.01. The van der Waals surface area contributed by atoms with Crippen molar-refractivity contribution in [2.75, 3.05) is 5.32 Å². The third-order valence-corrected chi connectivity index (χ3v) is 3.14. The molecule has 118 valence electrons. The second kappa shape index (κ2) is 7.07. The van der Waals surface area contributed by atoms with Gasteiger partial charge in [-0.05, 0) is 36.4 Å². The Kier molecular flexibility index (Phi) is 4.49. The van der Waals surface area contributed by atoms with Crippen LogP contribution in [0.5, 0.6) is 0 Å². The van der Waals surface area contributed by atoms with E-state index in [0.29, 0.717) is 17.0 Å². The van der Waals surface area contributed by atoms with Crippen molar-refractivity contribution in [3.05, 3.63) is 71.9 Å². The number of hydrogen-bond acceptors (Lipinski definition) is 6. The number of nitriles is 1. The number of nitrogens with one attached hydrogen (secondary N) is 2. The number of carbonyl (C=O) groups is 1. The van der Waals surface area contributed by atoms with Crippen LogP contribution in [0.2, 0.25) is 0 Å². The van der Waals surface area contributed by atoms with Gasteiger partial charge in [-0.25, -0.2) is 9.97 Å². The molecule has 2 heterocycles. The molecule has 3 rings (SSSR count). The summed E-state index contributed by atoms with van der Waals surface area (Å²) in [5.74, 6) is 0.599. The van der Waals surface area contributed by atoms with Gasteiger partial charge in [-0.1, -0.05) is 6.07 Å². The van der Waals surface area contributed by atoms with Crippen molar-refractivity contribution in [3.8, 4) is 6.07 Å². The monoisotopic (exact) mass is 319 g/mol. The summed E-state index contributed by atoms with van der Waals surface area (Å²) in [6, 6.07) is 14.0. The van der Waals surface area contributed by atoms with E-state index < -0.39 is 0 Å². The second-order valence-corrected chi connectivity index (χ2v) is 4.85. The Labute approximate surface area is 138 Å². The maximum absolute atomic E-state index is 12.1. The Hall–Kier alpha value is -3.66. The van der Waals surface area contributed by atoms with Crippen molar-refractivity contribution >= 4 is 17.5 Å². The first kappa shape index (κ1) is 15.2. The molecule has 0 bridgehead atoms. The second-order valence-electron chi connectivity index (χ2n) is 4.85. The van der Waals surface area contributed by atoms with E-state index in [2.05, 4.69) is 26.7 Å².